The molecule has 0 saturated carbocycles. The summed E-state index contributed by atoms with van der Waals surface area (Å²) in [5.41, 5.74) is 3.49. The van der Waals surface area contributed by atoms with E-state index in [1.54, 1.807) is 6.07 Å². The number of rotatable bonds is 2. The minimum absolute atomic E-state index is 0.411. The first kappa shape index (κ1) is 11.1. The van der Waals surface area contributed by atoms with Crippen LogP contribution in [0.25, 0.3) is 22.0 Å². The maximum absolute atomic E-state index is 9.21. The topological polar surface area (TPSA) is 56.2 Å². The van der Waals surface area contributed by atoms with Gasteiger partial charge in [-0.3, -0.25) is 0 Å². The van der Waals surface area contributed by atoms with Crippen molar-refractivity contribution in [1.82, 2.24) is 4.98 Å². The maximum Gasteiger partial charge on any atom is 0.505 e. The van der Waals surface area contributed by atoms with Crippen LogP contribution in [0, 0.1) is 0 Å². The molecule has 0 fully saturated rings. The molecule has 0 spiro atoms. The molecule has 1 heterocycles. The number of hydrogen-bond acceptors (Lipinski definition) is 2. The number of H-pyrrole nitrogens is 1. The van der Waals surface area contributed by atoms with Crippen LogP contribution in [0.5, 0.6) is 0 Å². The van der Waals surface area contributed by atoms with Crippen molar-refractivity contribution in [3.63, 3.8) is 0 Å². The van der Waals surface area contributed by atoms with Crippen molar-refractivity contribution in [2.75, 3.05) is 0 Å². The molecule has 0 aliphatic carbocycles. The molecule has 0 saturated heterocycles. The Balaban J connectivity index is 2.24. The first-order valence-electron chi connectivity index (χ1n) is 5.79. The molecule has 0 bridgehead atoms. The maximum atomic E-state index is 9.21. The van der Waals surface area contributed by atoms with Gasteiger partial charge in [-0.2, -0.15) is 0 Å². The standard InChI is InChI=1S/C14H12BNO2/c17-15(18)13-9-11-7-4-8-12(14(11)16-13)10-5-2-1-3-6-10/h1-9,16-18H. The number of aromatic amines is 1. The van der Waals surface area contributed by atoms with Gasteiger partial charge in [0, 0.05) is 11.2 Å². The summed E-state index contributed by atoms with van der Waals surface area (Å²) in [6.07, 6.45) is 0. The summed E-state index contributed by atoms with van der Waals surface area (Å²) < 4.78 is 0. The number of aromatic nitrogens is 1. The summed E-state index contributed by atoms with van der Waals surface area (Å²) in [5, 5.41) is 19.4. The summed E-state index contributed by atoms with van der Waals surface area (Å²) in [5.74, 6) is 0. The predicted octanol–water partition coefficient (Wildman–Crippen LogP) is 1.51. The second-order valence-corrected chi connectivity index (χ2v) is 4.23. The fourth-order valence-electron chi connectivity index (χ4n) is 2.18. The first-order valence-corrected chi connectivity index (χ1v) is 5.79. The molecule has 3 N–H and O–H groups in total. The molecule has 2 aromatic carbocycles. The summed E-state index contributed by atoms with van der Waals surface area (Å²) in [6.45, 7) is 0. The van der Waals surface area contributed by atoms with Gasteiger partial charge in [0.15, 0.2) is 0 Å². The largest absolute Gasteiger partial charge is 0.505 e. The number of benzene rings is 2. The minimum Gasteiger partial charge on any atom is -0.422 e. The van der Waals surface area contributed by atoms with Gasteiger partial charge in [-0.25, -0.2) is 0 Å². The summed E-state index contributed by atoms with van der Waals surface area (Å²) in [4.78, 5) is 3.06. The van der Waals surface area contributed by atoms with Crippen molar-refractivity contribution in [1.29, 1.82) is 0 Å². The second kappa shape index (κ2) is 4.33. The highest BCUT2D eigenvalue weighted by molar-refractivity contribution is 6.58. The van der Waals surface area contributed by atoms with Crippen LogP contribution < -0.4 is 5.59 Å². The lowest BCUT2D eigenvalue weighted by Crippen LogP contribution is -2.30. The van der Waals surface area contributed by atoms with Crippen LogP contribution in [0.2, 0.25) is 0 Å². The molecule has 0 unspecified atom stereocenters. The zero-order chi connectivity index (χ0) is 12.5. The van der Waals surface area contributed by atoms with Gasteiger partial charge in [-0.05, 0) is 17.0 Å². The lowest BCUT2D eigenvalue weighted by atomic mass is 9.86. The van der Waals surface area contributed by atoms with E-state index < -0.39 is 7.12 Å². The van der Waals surface area contributed by atoms with Gasteiger partial charge in [0.1, 0.15) is 0 Å². The molecule has 0 aliphatic heterocycles. The predicted molar refractivity (Wildman–Crippen MR) is 73.6 cm³/mol. The zero-order valence-electron chi connectivity index (χ0n) is 9.67. The van der Waals surface area contributed by atoms with Gasteiger partial charge in [-0.1, -0.05) is 48.5 Å². The van der Waals surface area contributed by atoms with Gasteiger partial charge in [0.25, 0.3) is 0 Å². The molecule has 0 amide bonds. The highest BCUT2D eigenvalue weighted by Crippen LogP contribution is 2.26. The molecular weight excluding hydrogens is 225 g/mol. The molecule has 4 heteroatoms. The average Bonchev–Trinajstić information content (AvgIpc) is 2.83. The summed E-state index contributed by atoms with van der Waals surface area (Å²) in [6, 6.07) is 17.7. The Hall–Kier alpha value is -2.04. The minimum atomic E-state index is -1.47. The first-order chi connectivity index (χ1) is 8.75. The van der Waals surface area contributed by atoms with Gasteiger partial charge < -0.3 is 15.0 Å². The van der Waals surface area contributed by atoms with E-state index in [1.807, 2.05) is 48.5 Å². The van der Waals surface area contributed by atoms with Gasteiger partial charge >= 0.3 is 7.12 Å². The zero-order valence-corrected chi connectivity index (χ0v) is 9.67. The lowest BCUT2D eigenvalue weighted by molar-refractivity contribution is 0.424. The highest BCUT2D eigenvalue weighted by Gasteiger charge is 2.15. The highest BCUT2D eigenvalue weighted by atomic mass is 16.4. The van der Waals surface area contributed by atoms with Crippen LogP contribution >= 0.6 is 0 Å². The molecule has 88 valence electrons. The molecule has 3 nitrogen and oxygen atoms in total. The molecular formula is C14H12BNO2. The van der Waals surface area contributed by atoms with E-state index in [0.29, 0.717) is 5.59 Å². The van der Waals surface area contributed by atoms with Crippen LogP contribution in [0.15, 0.2) is 54.6 Å². The fourth-order valence-corrected chi connectivity index (χ4v) is 2.18. The average molecular weight is 237 g/mol. The Morgan fingerprint density at radius 1 is 0.889 bits per heavy atom. The summed E-state index contributed by atoms with van der Waals surface area (Å²) in [7, 11) is -1.47. The smallest absolute Gasteiger partial charge is 0.422 e. The SMILES string of the molecule is OB(O)c1cc2cccc(-c3ccccc3)c2[nH]1. The van der Waals surface area contributed by atoms with E-state index in [2.05, 4.69) is 4.98 Å². The van der Waals surface area contributed by atoms with Crippen LogP contribution in [-0.2, 0) is 0 Å². The molecule has 0 aliphatic rings. The monoisotopic (exact) mass is 237 g/mol. The van der Waals surface area contributed by atoms with E-state index in [4.69, 9.17) is 0 Å². The van der Waals surface area contributed by atoms with Gasteiger partial charge in [-0.15, -0.1) is 0 Å². The number of nitrogens with one attached hydrogen (secondary N) is 1. The summed E-state index contributed by atoms with van der Waals surface area (Å²) >= 11 is 0. The molecule has 3 aromatic rings. The molecule has 18 heavy (non-hydrogen) atoms. The number of hydrogen-bond donors (Lipinski definition) is 3. The third kappa shape index (κ3) is 1.81. The van der Waals surface area contributed by atoms with Crippen molar-refractivity contribution in [3.8, 4) is 11.1 Å². The number of para-hydroxylation sites is 1. The van der Waals surface area contributed by atoms with Crippen LogP contribution in [-0.4, -0.2) is 22.2 Å². The van der Waals surface area contributed by atoms with Crippen molar-refractivity contribution in [2.45, 2.75) is 0 Å². The van der Waals surface area contributed by atoms with Crippen LogP contribution in [0.3, 0.4) is 0 Å². The molecule has 3 rings (SSSR count). The normalized spacial score (nSPS) is 10.8. The van der Waals surface area contributed by atoms with Crippen molar-refractivity contribution in [3.05, 3.63) is 54.6 Å². The fraction of sp³-hybridized carbons (Fsp3) is 0. The van der Waals surface area contributed by atoms with E-state index in [0.717, 1.165) is 22.0 Å². The van der Waals surface area contributed by atoms with Crippen LogP contribution in [0.4, 0.5) is 0 Å². The van der Waals surface area contributed by atoms with Crippen molar-refractivity contribution >= 4 is 23.6 Å². The lowest BCUT2D eigenvalue weighted by Gasteiger charge is -2.03. The molecule has 0 radical (unpaired) electrons. The van der Waals surface area contributed by atoms with E-state index in [9.17, 15) is 10.0 Å². The Bertz CT molecular complexity index is 677. The third-order valence-electron chi connectivity index (χ3n) is 3.04. The third-order valence-corrected chi connectivity index (χ3v) is 3.04. The van der Waals surface area contributed by atoms with Gasteiger partial charge in [0.05, 0.1) is 5.52 Å². The van der Waals surface area contributed by atoms with E-state index in [-0.39, 0.29) is 0 Å². The molecule has 0 atom stereocenters. The van der Waals surface area contributed by atoms with E-state index >= 15 is 0 Å². The van der Waals surface area contributed by atoms with E-state index in [1.165, 1.54) is 0 Å². The number of fused-ring (bicyclic) bond motifs is 1. The second-order valence-electron chi connectivity index (χ2n) is 4.23. The van der Waals surface area contributed by atoms with Crippen molar-refractivity contribution < 1.29 is 10.0 Å². The Kier molecular flexibility index (Phi) is 2.66. The Morgan fingerprint density at radius 3 is 2.39 bits per heavy atom. The quantitative estimate of drug-likeness (QED) is 0.592. The van der Waals surface area contributed by atoms with Gasteiger partial charge in [0.2, 0.25) is 0 Å². The van der Waals surface area contributed by atoms with Crippen LogP contribution in [0.1, 0.15) is 0 Å². The Morgan fingerprint density at radius 2 is 1.67 bits per heavy atom. The molecule has 1 aromatic heterocycles. The van der Waals surface area contributed by atoms with Crippen molar-refractivity contribution in [2.24, 2.45) is 0 Å². The Labute approximate surface area is 105 Å².